The van der Waals surface area contributed by atoms with Gasteiger partial charge in [0.15, 0.2) is 0 Å². The molecule has 1 fully saturated rings. The largest absolute Gasteiger partial charge is 0.496 e. The van der Waals surface area contributed by atoms with Gasteiger partial charge in [0.1, 0.15) is 5.75 Å². The number of ether oxygens (including phenoxy) is 1. The molecule has 1 aliphatic rings. The molecule has 0 radical (unpaired) electrons. The van der Waals surface area contributed by atoms with Gasteiger partial charge in [-0.25, -0.2) is 0 Å². The number of nitrogens with zero attached hydrogens (tertiary/aromatic N) is 2. The number of hydrogen-bond donors (Lipinski definition) is 1. The summed E-state index contributed by atoms with van der Waals surface area (Å²) in [4.78, 5) is 29.5. The Morgan fingerprint density at radius 2 is 1.67 bits per heavy atom. The first-order chi connectivity index (χ1) is 16.0. The lowest BCUT2D eigenvalue weighted by atomic mass is 10.1. The van der Waals surface area contributed by atoms with Crippen molar-refractivity contribution >= 4 is 34.8 Å². The lowest BCUT2D eigenvalue weighted by Gasteiger charge is -2.36. The first-order valence-electron chi connectivity index (χ1n) is 10.8. The number of piperazine rings is 1. The van der Waals surface area contributed by atoms with Crippen LogP contribution in [0.1, 0.15) is 26.3 Å². The topological polar surface area (TPSA) is 61.9 Å². The van der Waals surface area contributed by atoms with Crippen LogP contribution in [0.25, 0.3) is 0 Å². The second kappa shape index (κ2) is 9.96. The van der Waals surface area contributed by atoms with Gasteiger partial charge in [0.05, 0.1) is 23.4 Å². The number of methoxy groups -OCH3 is 1. The van der Waals surface area contributed by atoms with Gasteiger partial charge in [-0.3, -0.25) is 9.59 Å². The van der Waals surface area contributed by atoms with Crippen LogP contribution in [0.15, 0.2) is 66.7 Å². The third-order valence-corrected chi connectivity index (χ3v) is 6.10. The van der Waals surface area contributed by atoms with Crippen molar-refractivity contribution in [1.82, 2.24) is 4.90 Å². The summed E-state index contributed by atoms with van der Waals surface area (Å²) < 4.78 is 5.39. The molecule has 1 aliphatic heterocycles. The Morgan fingerprint density at radius 3 is 2.33 bits per heavy atom. The first kappa shape index (κ1) is 22.7. The van der Waals surface area contributed by atoms with Gasteiger partial charge in [-0.2, -0.15) is 0 Å². The number of nitrogens with one attached hydrogen (secondary N) is 1. The predicted molar refractivity (Wildman–Crippen MR) is 132 cm³/mol. The molecule has 0 spiro atoms. The molecule has 0 unspecified atom stereocenters. The fourth-order valence-corrected chi connectivity index (χ4v) is 4.36. The highest BCUT2D eigenvalue weighted by Gasteiger charge is 2.23. The van der Waals surface area contributed by atoms with Crippen LogP contribution in [-0.4, -0.2) is 50.0 Å². The molecular formula is C26H26ClN3O3. The molecule has 3 aromatic rings. The van der Waals surface area contributed by atoms with E-state index in [0.29, 0.717) is 53.8 Å². The Bertz CT molecular complexity index is 1160. The van der Waals surface area contributed by atoms with E-state index in [9.17, 15) is 9.59 Å². The normalized spacial score (nSPS) is 13.5. The molecule has 1 heterocycles. The zero-order chi connectivity index (χ0) is 23.4. The molecule has 1 N–H and O–H groups in total. The lowest BCUT2D eigenvalue weighted by Crippen LogP contribution is -2.48. The zero-order valence-corrected chi connectivity index (χ0v) is 19.4. The summed E-state index contributed by atoms with van der Waals surface area (Å²) in [6.45, 7) is 4.51. The number of hydrogen-bond acceptors (Lipinski definition) is 4. The van der Waals surface area contributed by atoms with Gasteiger partial charge in [0.25, 0.3) is 11.8 Å². The van der Waals surface area contributed by atoms with Gasteiger partial charge in [-0.1, -0.05) is 41.9 Å². The van der Waals surface area contributed by atoms with E-state index in [4.69, 9.17) is 16.3 Å². The van der Waals surface area contributed by atoms with Crippen LogP contribution in [0.4, 0.5) is 11.4 Å². The van der Waals surface area contributed by atoms with Gasteiger partial charge in [0, 0.05) is 37.4 Å². The quantitative estimate of drug-likeness (QED) is 0.586. The molecule has 2 amide bonds. The van der Waals surface area contributed by atoms with Crippen LogP contribution in [0.3, 0.4) is 0 Å². The maximum atomic E-state index is 12.8. The van der Waals surface area contributed by atoms with Crippen molar-refractivity contribution in [2.45, 2.75) is 6.92 Å². The van der Waals surface area contributed by atoms with Gasteiger partial charge < -0.3 is 19.9 Å². The highest BCUT2D eigenvalue weighted by atomic mass is 35.5. The molecule has 6 nitrogen and oxygen atoms in total. The lowest BCUT2D eigenvalue weighted by molar-refractivity contribution is 0.0746. The van der Waals surface area contributed by atoms with E-state index in [1.54, 1.807) is 19.2 Å². The van der Waals surface area contributed by atoms with Crippen LogP contribution in [0.5, 0.6) is 5.75 Å². The van der Waals surface area contributed by atoms with Crippen LogP contribution in [-0.2, 0) is 0 Å². The summed E-state index contributed by atoms with van der Waals surface area (Å²) in [6.07, 6.45) is 0. The van der Waals surface area contributed by atoms with E-state index >= 15 is 0 Å². The van der Waals surface area contributed by atoms with Crippen molar-refractivity contribution in [3.05, 3.63) is 88.4 Å². The Balaban J connectivity index is 1.41. The van der Waals surface area contributed by atoms with E-state index in [0.717, 1.165) is 11.3 Å². The highest BCUT2D eigenvalue weighted by Crippen LogP contribution is 2.31. The Morgan fingerprint density at radius 1 is 0.939 bits per heavy atom. The van der Waals surface area contributed by atoms with Crippen molar-refractivity contribution in [2.75, 3.05) is 43.5 Å². The second-order valence-electron chi connectivity index (χ2n) is 7.92. The van der Waals surface area contributed by atoms with Gasteiger partial charge >= 0.3 is 0 Å². The zero-order valence-electron chi connectivity index (χ0n) is 18.7. The fourth-order valence-electron chi connectivity index (χ4n) is 4.06. The smallest absolute Gasteiger partial charge is 0.259 e. The van der Waals surface area contributed by atoms with E-state index < -0.39 is 0 Å². The molecule has 1 saturated heterocycles. The molecule has 0 saturated carbocycles. The minimum absolute atomic E-state index is 0.0472. The molecule has 0 bridgehead atoms. The van der Waals surface area contributed by atoms with Crippen LogP contribution < -0.4 is 15.0 Å². The highest BCUT2D eigenvalue weighted by molar-refractivity contribution is 6.33. The van der Waals surface area contributed by atoms with Gasteiger partial charge in [-0.05, 0) is 48.9 Å². The third-order valence-electron chi connectivity index (χ3n) is 5.79. The summed E-state index contributed by atoms with van der Waals surface area (Å²) in [5.41, 5.74) is 3.56. The molecule has 0 atom stereocenters. The predicted octanol–water partition coefficient (Wildman–Crippen LogP) is 4.87. The van der Waals surface area contributed by atoms with Crippen molar-refractivity contribution in [2.24, 2.45) is 0 Å². The molecular weight excluding hydrogens is 438 g/mol. The number of aryl methyl sites for hydroxylation is 1. The average Bonchev–Trinajstić information content (AvgIpc) is 2.84. The molecule has 0 aromatic heterocycles. The molecule has 0 aliphatic carbocycles. The average molecular weight is 464 g/mol. The number of amides is 2. The standard InChI is InChI=1S/C26H26ClN3O3/c1-18-7-6-10-21(24(18)33-2)25(31)28-20-11-12-23(22(27)17-20)29-13-15-30(16-14-29)26(32)19-8-4-3-5-9-19/h3-12,17H,13-16H2,1-2H3,(H,28,31). The van der Waals surface area contributed by atoms with Crippen molar-refractivity contribution in [3.8, 4) is 5.75 Å². The number of carbonyl (C=O) groups is 2. The van der Waals surface area contributed by atoms with Gasteiger partial charge in [-0.15, -0.1) is 0 Å². The summed E-state index contributed by atoms with van der Waals surface area (Å²) in [6, 6.07) is 20.3. The third kappa shape index (κ3) is 4.96. The summed E-state index contributed by atoms with van der Waals surface area (Å²) >= 11 is 6.57. The van der Waals surface area contributed by atoms with E-state index in [2.05, 4.69) is 10.2 Å². The molecule has 4 rings (SSSR count). The van der Waals surface area contributed by atoms with Crippen molar-refractivity contribution in [1.29, 1.82) is 0 Å². The minimum Gasteiger partial charge on any atom is -0.496 e. The minimum atomic E-state index is -0.257. The Kier molecular flexibility index (Phi) is 6.84. The van der Waals surface area contributed by atoms with Crippen LogP contribution in [0, 0.1) is 6.92 Å². The monoisotopic (exact) mass is 463 g/mol. The maximum absolute atomic E-state index is 12.8. The molecule has 3 aromatic carbocycles. The van der Waals surface area contributed by atoms with Crippen molar-refractivity contribution in [3.63, 3.8) is 0 Å². The van der Waals surface area contributed by atoms with Crippen LogP contribution >= 0.6 is 11.6 Å². The van der Waals surface area contributed by atoms with E-state index in [1.165, 1.54) is 0 Å². The van der Waals surface area contributed by atoms with Gasteiger partial charge in [0.2, 0.25) is 0 Å². The summed E-state index contributed by atoms with van der Waals surface area (Å²) in [5.74, 6) is 0.346. The Labute approximate surface area is 198 Å². The first-order valence-corrected chi connectivity index (χ1v) is 11.2. The SMILES string of the molecule is COc1c(C)cccc1C(=O)Nc1ccc(N2CCN(C(=O)c3ccccc3)CC2)c(Cl)c1. The van der Waals surface area contributed by atoms with E-state index in [-0.39, 0.29) is 11.8 Å². The molecule has 7 heteroatoms. The Hall–Kier alpha value is -3.51. The summed E-state index contributed by atoms with van der Waals surface area (Å²) in [5, 5.41) is 3.44. The number of para-hydroxylation sites is 1. The number of rotatable bonds is 5. The fraction of sp³-hybridized carbons (Fsp3) is 0.231. The number of halogens is 1. The molecule has 170 valence electrons. The van der Waals surface area contributed by atoms with E-state index in [1.807, 2.05) is 66.4 Å². The number of anilines is 2. The number of benzene rings is 3. The second-order valence-corrected chi connectivity index (χ2v) is 8.33. The molecule has 33 heavy (non-hydrogen) atoms. The summed E-state index contributed by atoms with van der Waals surface area (Å²) in [7, 11) is 1.55. The number of carbonyl (C=O) groups excluding carboxylic acids is 2. The van der Waals surface area contributed by atoms with Crippen molar-refractivity contribution < 1.29 is 14.3 Å². The maximum Gasteiger partial charge on any atom is 0.259 e. The van der Waals surface area contributed by atoms with Crippen LogP contribution in [0.2, 0.25) is 5.02 Å².